The molecule has 2 aromatic carbocycles. The van der Waals surface area contributed by atoms with Gasteiger partial charge in [-0.1, -0.05) is 59.4 Å². The highest BCUT2D eigenvalue weighted by molar-refractivity contribution is 7.18. The van der Waals surface area contributed by atoms with Gasteiger partial charge in [-0.25, -0.2) is 4.98 Å². The molecule has 1 N–H and O–H groups in total. The van der Waals surface area contributed by atoms with E-state index in [1.54, 1.807) is 4.90 Å². The summed E-state index contributed by atoms with van der Waals surface area (Å²) in [5.41, 5.74) is 3.15. The number of aryl methyl sites for hydroxylation is 1. The number of carbonyl (C=O) groups is 3. The molecule has 1 fully saturated rings. The second kappa shape index (κ2) is 9.44. The summed E-state index contributed by atoms with van der Waals surface area (Å²) in [6.07, 6.45) is 1.47. The summed E-state index contributed by atoms with van der Waals surface area (Å²) < 4.78 is 0. The number of Topliss-reactive ketones (excluding diaryl/α,β-unsaturated/α-hetero) is 1. The Balaban J connectivity index is 1.47. The van der Waals surface area contributed by atoms with Gasteiger partial charge in [-0.15, -0.1) is 0 Å². The van der Waals surface area contributed by atoms with Gasteiger partial charge < -0.3 is 10.2 Å². The van der Waals surface area contributed by atoms with Crippen LogP contribution in [0.5, 0.6) is 0 Å². The number of hydrogen-bond acceptors (Lipinski definition) is 5. The van der Waals surface area contributed by atoms with Gasteiger partial charge in [0.05, 0.1) is 16.5 Å². The lowest BCUT2D eigenvalue weighted by Gasteiger charge is -2.32. The third-order valence-corrected chi connectivity index (χ3v) is 6.67. The number of anilines is 1. The number of thiazole rings is 1. The minimum Gasteiger partial charge on any atom is -0.338 e. The van der Waals surface area contributed by atoms with Crippen LogP contribution in [0, 0.1) is 12.8 Å². The van der Waals surface area contributed by atoms with Crippen molar-refractivity contribution in [3.8, 4) is 11.3 Å². The molecule has 1 aliphatic heterocycles. The minimum atomic E-state index is -0.317. The average molecular weight is 448 g/mol. The predicted molar refractivity (Wildman–Crippen MR) is 126 cm³/mol. The maximum Gasteiger partial charge on any atom is 0.253 e. The Labute approximate surface area is 191 Å². The standard InChI is InChI=1S/C25H25N3O3S/c1-16-10-12-19(13-11-16)24(31)28-14-6-9-20(15-28)23(30)27-25-26-21(22(32-25)17(2)29)18-7-4-3-5-8-18/h3-5,7-8,10-13,20H,6,9,14-15H2,1-2H3,(H,26,27,30)/t20-/m0/s1. The van der Waals surface area contributed by atoms with Crippen LogP contribution in [0.15, 0.2) is 54.6 Å². The smallest absolute Gasteiger partial charge is 0.253 e. The van der Waals surface area contributed by atoms with Crippen molar-refractivity contribution in [2.45, 2.75) is 26.7 Å². The number of benzene rings is 2. The van der Waals surface area contributed by atoms with E-state index in [0.29, 0.717) is 40.8 Å². The first kappa shape index (κ1) is 21.9. The van der Waals surface area contributed by atoms with Crippen molar-refractivity contribution in [1.82, 2.24) is 9.88 Å². The van der Waals surface area contributed by atoms with Crippen LogP contribution >= 0.6 is 11.3 Å². The molecule has 1 aliphatic rings. The van der Waals surface area contributed by atoms with E-state index in [-0.39, 0.29) is 23.5 Å². The Hall–Kier alpha value is -3.32. The topological polar surface area (TPSA) is 79.4 Å². The number of amides is 2. The summed E-state index contributed by atoms with van der Waals surface area (Å²) in [6, 6.07) is 16.9. The monoisotopic (exact) mass is 447 g/mol. The van der Waals surface area contributed by atoms with E-state index in [0.717, 1.165) is 17.5 Å². The van der Waals surface area contributed by atoms with Crippen LogP contribution in [0.3, 0.4) is 0 Å². The molecule has 0 spiro atoms. The fourth-order valence-electron chi connectivity index (χ4n) is 3.87. The van der Waals surface area contributed by atoms with Gasteiger partial charge in [0.2, 0.25) is 5.91 Å². The molecule has 6 nitrogen and oxygen atoms in total. The van der Waals surface area contributed by atoms with Gasteiger partial charge in [0.15, 0.2) is 10.9 Å². The van der Waals surface area contributed by atoms with Crippen LogP contribution in [-0.4, -0.2) is 40.6 Å². The van der Waals surface area contributed by atoms with Crippen molar-refractivity contribution < 1.29 is 14.4 Å². The number of likely N-dealkylation sites (tertiary alicyclic amines) is 1. The summed E-state index contributed by atoms with van der Waals surface area (Å²) in [5.74, 6) is -0.630. The molecule has 0 aliphatic carbocycles. The number of hydrogen-bond donors (Lipinski definition) is 1. The van der Waals surface area contributed by atoms with E-state index in [1.807, 2.05) is 61.5 Å². The van der Waals surface area contributed by atoms with Crippen molar-refractivity contribution in [2.24, 2.45) is 5.92 Å². The Morgan fingerprint density at radius 1 is 1.06 bits per heavy atom. The van der Waals surface area contributed by atoms with Crippen molar-refractivity contribution in [2.75, 3.05) is 18.4 Å². The maximum atomic E-state index is 13.0. The Morgan fingerprint density at radius 3 is 2.47 bits per heavy atom. The van der Waals surface area contributed by atoms with E-state index in [9.17, 15) is 14.4 Å². The number of nitrogens with one attached hydrogen (secondary N) is 1. The van der Waals surface area contributed by atoms with Gasteiger partial charge in [0.1, 0.15) is 0 Å². The Morgan fingerprint density at radius 2 is 1.78 bits per heavy atom. The van der Waals surface area contributed by atoms with Crippen LogP contribution in [0.25, 0.3) is 11.3 Å². The third kappa shape index (κ3) is 4.78. The van der Waals surface area contributed by atoms with E-state index < -0.39 is 0 Å². The zero-order valence-electron chi connectivity index (χ0n) is 18.1. The quantitative estimate of drug-likeness (QED) is 0.569. The van der Waals surface area contributed by atoms with Crippen molar-refractivity contribution in [3.63, 3.8) is 0 Å². The van der Waals surface area contributed by atoms with Gasteiger partial charge in [-0.3, -0.25) is 14.4 Å². The molecular weight excluding hydrogens is 422 g/mol. The molecule has 1 saturated heterocycles. The van der Waals surface area contributed by atoms with Crippen LogP contribution in [0.2, 0.25) is 0 Å². The molecule has 2 heterocycles. The molecule has 0 radical (unpaired) electrons. The van der Waals surface area contributed by atoms with Crippen LogP contribution in [-0.2, 0) is 4.79 Å². The molecule has 1 atom stereocenters. The second-order valence-corrected chi connectivity index (χ2v) is 9.06. The summed E-state index contributed by atoms with van der Waals surface area (Å²) in [7, 11) is 0. The molecule has 164 valence electrons. The van der Waals surface area contributed by atoms with Gasteiger partial charge >= 0.3 is 0 Å². The summed E-state index contributed by atoms with van der Waals surface area (Å²) in [6.45, 7) is 4.49. The summed E-state index contributed by atoms with van der Waals surface area (Å²) in [4.78, 5) is 44.8. The van der Waals surface area contributed by atoms with Crippen molar-refractivity contribution >= 4 is 34.1 Å². The fraction of sp³-hybridized carbons (Fsp3) is 0.280. The largest absolute Gasteiger partial charge is 0.338 e. The molecule has 4 rings (SSSR count). The third-order valence-electron chi connectivity index (χ3n) is 5.60. The number of carbonyl (C=O) groups excluding carboxylic acids is 3. The highest BCUT2D eigenvalue weighted by Crippen LogP contribution is 2.32. The lowest BCUT2D eigenvalue weighted by molar-refractivity contribution is -0.121. The number of rotatable bonds is 5. The highest BCUT2D eigenvalue weighted by Gasteiger charge is 2.30. The zero-order chi connectivity index (χ0) is 22.7. The molecule has 2 amide bonds. The van der Waals surface area contributed by atoms with Gasteiger partial charge in [0, 0.05) is 31.1 Å². The van der Waals surface area contributed by atoms with E-state index >= 15 is 0 Å². The van der Waals surface area contributed by atoms with E-state index in [4.69, 9.17) is 0 Å². The molecular formula is C25H25N3O3S. The Kier molecular flexibility index (Phi) is 6.46. The molecule has 7 heteroatoms. The molecule has 0 saturated carbocycles. The van der Waals surface area contributed by atoms with Gasteiger partial charge in [0.25, 0.3) is 5.91 Å². The molecule has 0 bridgehead atoms. The lowest BCUT2D eigenvalue weighted by Crippen LogP contribution is -2.43. The van der Waals surface area contributed by atoms with Crippen molar-refractivity contribution in [1.29, 1.82) is 0 Å². The normalized spacial score (nSPS) is 15.9. The molecule has 1 aromatic heterocycles. The lowest BCUT2D eigenvalue weighted by atomic mass is 9.96. The zero-order valence-corrected chi connectivity index (χ0v) is 18.9. The SMILES string of the molecule is CC(=O)c1sc(NC(=O)[C@H]2CCCN(C(=O)c3ccc(C)cc3)C2)nc1-c1ccccc1. The Bertz CT molecular complexity index is 1140. The van der Waals surface area contributed by atoms with Crippen LogP contribution in [0.1, 0.15) is 45.4 Å². The van der Waals surface area contributed by atoms with Gasteiger partial charge in [-0.2, -0.15) is 0 Å². The maximum absolute atomic E-state index is 13.0. The first-order valence-electron chi connectivity index (χ1n) is 10.7. The van der Waals surface area contributed by atoms with Crippen LogP contribution < -0.4 is 5.32 Å². The highest BCUT2D eigenvalue weighted by atomic mass is 32.1. The number of ketones is 1. The fourth-order valence-corrected chi connectivity index (χ4v) is 4.75. The molecule has 0 unspecified atom stereocenters. The summed E-state index contributed by atoms with van der Waals surface area (Å²) in [5, 5.41) is 3.29. The molecule has 3 aromatic rings. The van der Waals surface area contributed by atoms with Crippen LogP contribution in [0.4, 0.5) is 5.13 Å². The number of piperidine rings is 1. The predicted octanol–water partition coefficient (Wildman–Crippen LogP) is 4.81. The first-order chi connectivity index (χ1) is 15.4. The number of nitrogens with zero attached hydrogens (tertiary/aromatic N) is 2. The first-order valence-corrected chi connectivity index (χ1v) is 11.5. The molecule has 32 heavy (non-hydrogen) atoms. The average Bonchev–Trinajstić information content (AvgIpc) is 3.24. The van der Waals surface area contributed by atoms with Gasteiger partial charge in [-0.05, 0) is 31.9 Å². The number of aromatic nitrogens is 1. The second-order valence-electron chi connectivity index (χ2n) is 8.06. The van der Waals surface area contributed by atoms with E-state index in [1.165, 1.54) is 18.3 Å². The van der Waals surface area contributed by atoms with E-state index in [2.05, 4.69) is 10.3 Å². The van der Waals surface area contributed by atoms with Crippen molar-refractivity contribution in [3.05, 3.63) is 70.6 Å². The summed E-state index contributed by atoms with van der Waals surface area (Å²) >= 11 is 1.19. The minimum absolute atomic E-state index is 0.0537.